The first-order valence-electron chi connectivity index (χ1n) is 4.76. The number of aromatic nitrogens is 1. The summed E-state index contributed by atoms with van der Waals surface area (Å²) < 4.78 is 1.05. The maximum Gasteiger partial charge on any atom is 0.0592 e. The molecule has 0 N–H and O–H groups in total. The highest BCUT2D eigenvalue weighted by Gasteiger charge is 2.19. The lowest BCUT2D eigenvalue weighted by molar-refractivity contribution is 0.583. The van der Waals surface area contributed by atoms with Gasteiger partial charge in [-0.3, -0.25) is 4.98 Å². The second-order valence-corrected chi connectivity index (χ2v) is 4.98. The number of rotatable bonds is 1. The van der Waals surface area contributed by atoms with Gasteiger partial charge >= 0.3 is 0 Å². The predicted molar refractivity (Wildman–Crippen MR) is 63.0 cm³/mol. The Hall–Kier alpha value is -0.280. The van der Waals surface area contributed by atoms with Gasteiger partial charge in [0.1, 0.15) is 0 Å². The van der Waals surface area contributed by atoms with Crippen LogP contribution in [-0.2, 0) is 0 Å². The fraction of sp³-hybridized carbons (Fsp3) is 0.500. The number of alkyl halides is 1. The van der Waals surface area contributed by atoms with E-state index in [0.717, 1.165) is 24.0 Å². The van der Waals surface area contributed by atoms with E-state index in [0.29, 0.717) is 0 Å². The largest absolute Gasteiger partial charge is 0.369 e. The number of anilines is 1. The zero-order valence-corrected chi connectivity index (χ0v) is 10.1. The molecule has 2 rings (SSSR count). The Labute approximate surface area is 97.4 Å². The molecule has 76 valence electrons. The van der Waals surface area contributed by atoms with Gasteiger partial charge in [0.25, 0.3) is 0 Å². The number of pyridine rings is 1. The quantitative estimate of drug-likeness (QED) is 0.732. The summed E-state index contributed by atoms with van der Waals surface area (Å²) in [4.78, 5) is 6.36. The molecule has 0 spiro atoms. The molecule has 1 aliphatic heterocycles. The van der Waals surface area contributed by atoms with Crippen molar-refractivity contribution in [3.05, 3.63) is 22.9 Å². The topological polar surface area (TPSA) is 16.1 Å². The Morgan fingerprint density at radius 1 is 1.57 bits per heavy atom. The Kier molecular flexibility index (Phi) is 3.29. The van der Waals surface area contributed by atoms with E-state index in [9.17, 15) is 0 Å². The third kappa shape index (κ3) is 2.20. The van der Waals surface area contributed by atoms with Gasteiger partial charge in [-0.1, -0.05) is 0 Å². The standard InChI is InChI=1S/C10H12BrClN2/c11-9-6-13-4-3-10(9)14-5-1-2-8(12)7-14/h3-4,6,8H,1-2,5,7H2. The van der Waals surface area contributed by atoms with Crippen molar-refractivity contribution in [2.75, 3.05) is 18.0 Å². The second kappa shape index (κ2) is 4.49. The third-order valence-corrected chi connectivity index (χ3v) is 3.42. The Balaban J connectivity index is 2.18. The lowest BCUT2D eigenvalue weighted by Gasteiger charge is -2.32. The van der Waals surface area contributed by atoms with Crippen LogP contribution in [0.5, 0.6) is 0 Å². The van der Waals surface area contributed by atoms with Crippen LogP contribution in [0.15, 0.2) is 22.9 Å². The number of hydrogen-bond acceptors (Lipinski definition) is 2. The fourth-order valence-corrected chi connectivity index (χ4v) is 2.59. The fourth-order valence-electron chi connectivity index (χ4n) is 1.77. The number of piperidine rings is 1. The Morgan fingerprint density at radius 2 is 2.43 bits per heavy atom. The van der Waals surface area contributed by atoms with Crippen molar-refractivity contribution in [1.82, 2.24) is 4.98 Å². The van der Waals surface area contributed by atoms with Gasteiger partial charge in [0.15, 0.2) is 0 Å². The van der Waals surface area contributed by atoms with Crippen LogP contribution in [0.25, 0.3) is 0 Å². The van der Waals surface area contributed by atoms with E-state index in [1.165, 1.54) is 12.1 Å². The van der Waals surface area contributed by atoms with E-state index in [1.54, 1.807) is 0 Å². The molecule has 14 heavy (non-hydrogen) atoms. The molecular weight excluding hydrogens is 263 g/mol. The number of hydrogen-bond donors (Lipinski definition) is 0. The van der Waals surface area contributed by atoms with Crippen molar-refractivity contribution >= 4 is 33.2 Å². The van der Waals surface area contributed by atoms with Gasteiger partial charge in [-0.05, 0) is 34.8 Å². The number of halogens is 2. The first-order valence-corrected chi connectivity index (χ1v) is 5.99. The molecule has 1 atom stereocenters. The van der Waals surface area contributed by atoms with E-state index in [4.69, 9.17) is 11.6 Å². The minimum Gasteiger partial charge on any atom is -0.369 e. The maximum atomic E-state index is 6.14. The van der Waals surface area contributed by atoms with Gasteiger partial charge in [0, 0.05) is 25.5 Å². The Bertz CT molecular complexity index is 319. The molecule has 0 saturated carbocycles. The summed E-state index contributed by atoms with van der Waals surface area (Å²) in [5.41, 5.74) is 1.20. The molecule has 0 radical (unpaired) electrons. The SMILES string of the molecule is ClC1CCCN(c2ccncc2Br)C1. The van der Waals surface area contributed by atoms with Gasteiger partial charge in [-0.15, -0.1) is 11.6 Å². The molecule has 0 bridgehead atoms. The maximum absolute atomic E-state index is 6.14. The highest BCUT2D eigenvalue weighted by atomic mass is 79.9. The smallest absolute Gasteiger partial charge is 0.0592 e. The summed E-state index contributed by atoms with van der Waals surface area (Å²) in [7, 11) is 0. The highest BCUT2D eigenvalue weighted by molar-refractivity contribution is 9.10. The van der Waals surface area contributed by atoms with Crippen LogP contribution in [0.2, 0.25) is 0 Å². The van der Waals surface area contributed by atoms with E-state index < -0.39 is 0 Å². The first kappa shape index (κ1) is 10.2. The number of nitrogens with zero attached hydrogens (tertiary/aromatic N) is 2. The van der Waals surface area contributed by atoms with Gasteiger partial charge in [0.05, 0.1) is 15.5 Å². The van der Waals surface area contributed by atoms with Crippen molar-refractivity contribution < 1.29 is 0 Å². The van der Waals surface area contributed by atoms with E-state index >= 15 is 0 Å². The van der Waals surface area contributed by atoms with Crippen LogP contribution in [0.1, 0.15) is 12.8 Å². The van der Waals surface area contributed by atoms with Crippen LogP contribution in [-0.4, -0.2) is 23.5 Å². The van der Waals surface area contributed by atoms with Crippen LogP contribution in [0.3, 0.4) is 0 Å². The molecule has 1 aromatic heterocycles. The molecule has 0 aromatic carbocycles. The van der Waals surface area contributed by atoms with Crippen molar-refractivity contribution in [2.24, 2.45) is 0 Å². The van der Waals surface area contributed by atoms with Crippen molar-refractivity contribution in [3.8, 4) is 0 Å². The monoisotopic (exact) mass is 274 g/mol. The molecule has 1 aromatic rings. The summed E-state index contributed by atoms with van der Waals surface area (Å²) >= 11 is 9.65. The zero-order chi connectivity index (χ0) is 9.97. The van der Waals surface area contributed by atoms with Crippen LogP contribution >= 0.6 is 27.5 Å². The summed E-state index contributed by atoms with van der Waals surface area (Å²) in [6.07, 6.45) is 5.94. The van der Waals surface area contributed by atoms with Crippen molar-refractivity contribution in [2.45, 2.75) is 18.2 Å². The predicted octanol–water partition coefficient (Wildman–Crippen LogP) is 3.05. The molecule has 1 fully saturated rings. The van der Waals surface area contributed by atoms with Crippen LogP contribution < -0.4 is 4.90 Å². The summed E-state index contributed by atoms with van der Waals surface area (Å²) in [5.74, 6) is 0. The van der Waals surface area contributed by atoms with Crippen molar-refractivity contribution in [1.29, 1.82) is 0 Å². The lowest BCUT2D eigenvalue weighted by atomic mass is 10.1. The van der Waals surface area contributed by atoms with Gasteiger partial charge in [-0.25, -0.2) is 0 Å². The average Bonchev–Trinajstić information content (AvgIpc) is 2.18. The first-order chi connectivity index (χ1) is 6.77. The zero-order valence-electron chi connectivity index (χ0n) is 7.79. The van der Waals surface area contributed by atoms with Crippen LogP contribution in [0, 0.1) is 0 Å². The molecule has 1 saturated heterocycles. The lowest BCUT2D eigenvalue weighted by Crippen LogP contribution is -2.36. The molecular formula is C10H12BrClN2. The molecule has 2 heterocycles. The summed E-state index contributed by atoms with van der Waals surface area (Å²) in [6.45, 7) is 2.02. The molecule has 0 aliphatic carbocycles. The van der Waals surface area contributed by atoms with E-state index in [1.807, 2.05) is 18.5 Å². The van der Waals surface area contributed by atoms with E-state index in [-0.39, 0.29) is 5.38 Å². The minimum atomic E-state index is 0.281. The van der Waals surface area contributed by atoms with Crippen LogP contribution in [0.4, 0.5) is 5.69 Å². The average molecular weight is 276 g/mol. The summed E-state index contributed by atoms with van der Waals surface area (Å²) in [5, 5.41) is 0.281. The Morgan fingerprint density at radius 3 is 3.14 bits per heavy atom. The third-order valence-electron chi connectivity index (χ3n) is 2.46. The normalized spacial score (nSPS) is 22.4. The molecule has 1 unspecified atom stereocenters. The minimum absolute atomic E-state index is 0.281. The second-order valence-electron chi connectivity index (χ2n) is 3.51. The van der Waals surface area contributed by atoms with Gasteiger partial charge < -0.3 is 4.90 Å². The van der Waals surface area contributed by atoms with Gasteiger partial charge in [0.2, 0.25) is 0 Å². The summed E-state index contributed by atoms with van der Waals surface area (Å²) in [6, 6.07) is 2.03. The highest BCUT2D eigenvalue weighted by Crippen LogP contribution is 2.28. The molecule has 2 nitrogen and oxygen atoms in total. The van der Waals surface area contributed by atoms with Crippen molar-refractivity contribution in [3.63, 3.8) is 0 Å². The van der Waals surface area contributed by atoms with Gasteiger partial charge in [-0.2, -0.15) is 0 Å². The molecule has 0 amide bonds. The molecule has 1 aliphatic rings. The molecule has 4 heteroatoms. The van der Waals surface area contributed by atoms with E-state index in [2.05, 4.69) is 25.8 Å².